The van der Waals surface area contributed by atoms with Gasteiger partial charge in [0.1, 0.15) is 17.7 Å². The van der Waals surface area contributed by atoms with Crippen LogP contribution < -0.4 is 5.56 Å². The van der Waals surface area contributed by atoms with Crippen molar-refractivity contribution in [3.63, 3.8) is 0 Å². The van der Waals surface area contributed by atoms with E-state index in [2.05, 4.69) is 25.9 Å². The summed E-state index contributed by atoms with van der Waals surface area (Å²) < 4.78 is 21.1. The summed E-state index contributed by atoms with van der Waals surface area (Å²) in [5.74, 6) is 1.23. The number of oxazole rings is 1. The van der Waals surface area contributed by atoms with Crippen molar-refractivity contribution in [3.8, 4) is 11.5 Å². The van der Waals surface area contributed by atoms with Gasteiger partial charge in [-0.1, -0.05) is 6.07 Å². The first-order valence-electron chi connectivity index (χ1n) is 8.04. The van der Waals surface area contributed by atoms with Crippen molar-refractivity contribution in [2.75, 3.05) is 0 Å². The molecular weight excluding hydrogens is 433 g/mol. The van der Waals surface area contributed by atoms with Gasteiger partial charge in [0, 0.05) is 33.8 Å². The second-order valence-corrected chi connectivity index (χ2v) is 7.71. The smallest absolute Gasteiger partial charge is 0.258 e. The SMILES string of the molecule is O=c1cc(CSCc2coc(-c3cccc(F)c3)n2)nc2ccc(Br)cn12. The molecular formula is C19H13BrFN3O2S. The average molecular weight is 446 g/mol. The monoisotopic (exact) mass is 445 g/mol. The second-order valence-electron chi connectivity index (χ2n) is 5.81. The van der Waals surface area contributed by atoms with Crippen LogP contribution in [0.2, 0.25) is 0 Å². The summed E-state index contributed by atoms with van der Waals surface area (Å²) >= 11 is 4.92. The lowest BCUT2D eigenvalue weighted by Gasteiger charge is -2.04. The predicted molar refractivity (Wildman–Crippen MR) is 106 cm³/mol. The van der Waals surface area contributed by atoms with E-state index in [9.17, 15) is 9.18 Å². The van der Waals surface area contributed by atoms with Crippen LogP contribution in [0, 0.1) is 5.82 Å². The summed E-state index contributed by atoms with van der Waals surface area (Å²) in [6, 6.07) is 11.3. The highest BCUT2D eigenvalue weighted by Gasteiger charge is 2.09. The summed E-state index contributed by atoms with van der Waals surface area (Å²) in [5, 5.41) is 0. The molecule has 1 aromatic carbocycles. The minimum atomic E-state index is -0.331. The van der Waals surface area contributed by atoms with Crippen molar-refractivity contribution in [2.45, 2.75) is 11.5 Å². The average Bonchev–Trinajstić information content (AvgIpc) is 3.11. The molecule has 0 bridgehead atoms. The van der Waals surface area contributed by atoms with Gasteiger partial charge in [-0.3, -0.25) is 9.20 Å². The number of halogens is 2. The molecule has 0 saturated heterocycles. The summed E-state index contributed by atoms with van der Waals surface area (Å²) in [5.41, 5.74) is 2.55. The van der Waals surface area contributed by atoms with E-state index >= 15 is 0 Å². The summed E-state index contributed by atoms with van der Waals surface area (Å²) in [7, 11) is 0. The topological polar surface area (TPSA) is 60.4 Å². The molecule has 136 valence electrons. The highest BCUT2D eigenvalue weighted by atomic mass is 79.9. The van der Waals surface area contributed by atoms with Crippen LogP contribution in [-0.4, -0.2) is 14.4 Å². The van der Waals surface area contributed by atoms with E-state index in [4.69, 9.17) is 4.42 Å². The Kier molecular flexibility index (Phi) is 5.09. The van der Waals surface area contributed by atoms with Gasteiger partial charge in [-0.05, 0) is 46.3 Å². The molecule has 0 saturated carbocycles. The van der Waals surface area contributed by atoms with Gasteiger partial charge in [0.15, 0.2) is 0 Å². The zero-order valence-corrected chi connectivity index (χ0v) is 16.3. The number of hydrogen-bond donors (Lipinski definition) is 0. The number of rotatable bonds is 5. The van der Waals surface area contributed by atoms with Gasteiger partial charge in [-0.2, -0.15) is 0 Å². The molecule has 0 aliphatic carbocycles. The third kappa shape index (κ3) is 4.12. The van der Waals surface area contributed by atoms with Gasteiger partial charge < -0.3 is 4.42 Å². The van der Waals surface area contributed by atoms with Crippen LogP contribution in [0.5, 0.6) is 0 Å². The predicted octanol–water partition coefficient (Wildman–Crippen LogP) is 4.68. The Morgan fingerprint density at radius 3 is 2.81 bits per heavy atom. The molecule has 0 amide bonds. The van der Waals surface area contributed by atoms with Crippen LogP contribution in [0.3, 0.4) is 0 Å². The van der Waals surface area contributed by atoms with Crippen LogP contribution in [0.25, 0.3) is 17.1 Å². The van der Waals surface area contributed by atoms with Crippen molar-refractivity contribution in [1.82, 2.24) is 14.4 Å². The third-order valence-electron chi connectivity index (χ3n) is 3.80. The van der Waals surface area contributed by atoms with Crippen LogP contribution in [-0.2, 0) is 11.5 Å². The molecule has 0 N–H and O–H groups in total. The number of aromatic nitrogens is 3. The third-order valence-corrected chi connectivity index (χ3v) is 5.27. The number of nitrogens with zero attached hydrogens (tertiary/aromatic N) is 3. The Bertz CT molecular complexity index is 1180. The quantitative estimate of drug-likeness (QED) is 0.446. The first kappa shape index (κ1) is 17.9. The zero-order chi connectivity index (χ0) is 18.8. The first-order chi connectivity index (χ1) is 13.1. The minimum Gasteiger partial charge on any atom is -0.444 e. The van der Waals surface area contributed by atoms with Gasteiger partial charge >= 0.3 is 0 Å². The number of benzene rings is 1. The molecule has 0 spiro atoms. The van der Waals surface area contributed by atoms with Gasteiger partial charge in [0.25, 0.3) is 5.56 Å². The van der Waals surface area contributed by atoms with Gasteiger partial charge in [-0.25, -0.2) is 14.4 Å². The highest BCUT2D eigenvalue weighted by molar-refractivity contribution is 9.10. The van der Waals surface area contributed by atoms with Crippen LogP contribution in [0.4, 0.5) is 4.39 Å². The second kappa shape index (κ2) is 7.66. The molecule has 0 aliphatic heterocycles. The number of pyridine rings is 1. The van der Waals surface area contributed by atoms with E-state index in [1.165, 1.54) is 22.6 Å². The maximum Gasteiger partial charge on any atom is 0.258 e. The standard InChI is InChI=1S/C19H13BrFN3O2S/c20-13-4-5-17-22-15(7-18(25)24(17)8-13)10-27-11-16-9-26-19(23-16)12-2-1-3-14(21)6-12/h1-9H,10-11H2. The summed E-state index contributed by atoms with van der Waals surface area (Å²) in [6.07, 6.45) is 3.26. The van der Waals surface area contributed by atoms with Crippen LogP contribution in [0.1, 0.15) is 11.4 Å². The Labute approximate surface area is 166 Å². The van der Waals surface area contributed by atoms with Gasteiger partial charge in [-0.15, -0.1) is 11.8 Å². The van der Waals surface area contributed by atoms with E-state index < -0.39 is 0 Å². The Balaban J connectivity index is 1.44. The van der Waals surface area contributed by atoms with Crippen molar-refractivity contribution < 1.29 is 8.81 Å². The fourth-order valence-electron chi connectivity index (χ4n) is 2.59. The molecule has 0 unspecified atom stereocenters. The molecule has 8 heteroatoms. The lowest BCUT2D eigenvalue weighted by molar-refractivity contribution is 0.571. The summed E-state index contributed by atoms with van der Waals surface area (Å²) in [6.45, 7) is 0. The maximum atomic E-state index is 13.3. The van der Waals surface area contributed by atoms with Crippen molar-refractivity contribution in [3.05, 3.63) is 87.0 Å². The van der Waals surface area contributed by atoms with E-state index in [1.54, 1.807) is 42.4 Å². The van der Waals surface area contributed by atoms with E-state index in [1.807, 2.05) is 6.07 Å². The molecule has 0 atom stereocenters. The molecule has 3 aromatic heterocycles. The molecule has 27 heavy (non-hydrogen) atoms. The number of hydrogen-bond acceptors (Lipinski definition) is 5. The van der Waals surface area contributed by atoms with E-state index in [0.717, 1.165) is 10.2 Å². The largest absolute Gasteiger partial charge is 0.444 e. The molecule has 3 heterocycles. The lowest BCUT2D eigenvalue weighted by atomic mass is 10.2. The molecule has 5 nitrogen and oxygen atoms in total. The fraction of sp³-hybridized carbons (Fsp3) is 0.105. The van der Waals surface area contributed by atoms with E-state index in [-0.39, 0.29) is 11.4 Å². The molecule has 4 aromatic rings. The normalized spacial score (nSPS) is 11.2. The van der Waals surface area contributed by atoms with Crippen LogP contribution >= 0.6 is 27.7 Å². The highest BCUT2D eigenvalue weighted by Crippen LogP contribution is 2.22. The summed E-state index contributed by atoms with van der Waals surface area (Å²) in [4.78, 5) is 21.1. The van der Waals surface area contributed by atoms with Crippen molar-refractivity contribution in [2.24, 2.45) is 0 Å². The number of thioether (sulfide) groups is 1. The molecule has 4 rings (SSSR count). The Morgan fingerprint density at radius 1 is 1.11 bits per heavy atom. The van der Waals surface area contributed by atoms with Crippen LogP contribution in [0.15, 0.2) is 68.6 Å². The fourth-order valence-corrected chi connectivity index (χ4v) is 3.73. The van der Waals surface area contributed by atoms with Crippen molar-refractivity contribution >= 4 is 33.3 Å². The zero-order valence-electron chi connectivity index (χ0n) is 13.9. The molecule has 0 radical (unpaired) electrons. The van der Waals surface area contributed by atoms with Gasteiger partial charge in [0.05, 0.1) is 11.4 Å². The molecule has 0 aliphatic rings. The van der Waals surface area contributed by atoms with Crippen molar-refractivity contribution in [1.29, 1.82) is 0 Å². The maximum absolute atomic E-state index is 13.3. The number of fused-ring (bicyclic) bond motifs is 1. The minimum absolute atomic E-state index is 0.119. The van der Waals surface area contributed by atoms with Gasteiger partial charge in [0.2, 0.25) is 5.89 Å². The van der Waals surface area contributed by atoms with E-state index in [0.29, 0.717) is 34.3 Å². The Morgan fingerprint density at radius 2 is 1.96 bits per heavy atom. The lowest BCUT2D eigenvalue weighted by Crippen LogP contribution is -2.15. The Hall–Kier alpha value is -2.45. The molecule has 0 fully saturated rings. The first-order valence-corrected chi connectivity index (χ1v) is 9.99.